The summed E-state index contributed by atoms with van der Waals surface area (Å²) in [6.07, 6.45) is 1.25. The SMILES string of the molecule is O=C(NN=Cc1ccc([O-])c([N+](=O)[O-])c1)C1c2ccccc2Oc2ccccc21. The molecule has 1 N–H and O–H groups in total. The van der Waals surface area contributed by atoms with Crippen LogP contribution in [-0.4, -0.2) is 17.0 Å². The summed E-state index contributed by atoms with van der Waals surface area (Å²) >= 11 is 0. The fourth-order valence-corrected chi connectivity index (χ4v) is 3.18. The van der Waals surface area contributed by atoms with E-state index >= 15 is 0 Å². The molecule has 144 valence electrons. The van der Waals surface area contributed by atoms with Crippen molar-refractivity contribution in [3.63, 3.8) is 0 Å². The van der Waals surface area contributed by atoms with Crippen molar-refractivity contribution in [1.82, 2.24) is 5.43 Å². The fourth-order valence-electron chi connectivity index (χ4n) is 3.18. The molecule has 0 aliphatic carbocycles. The predicted molar refractivity (Wildman–Crippen MR) is 103 cm³/mol. The van der Waals surface area contributed by atoms with E-state index in [9.17, 15) is 20.0 Å². The number of hydrogen-bond donors (Lipinski definition) is 1. The topological polar surface area (TPSA) is 117 Å². The highest BCUT2D eigenvalue weighted by Crippen LogP contribution is 2.43. The van der Waals surface area contributed by atoms with Crippen molar-refractivity contribution < 1.29 is 19.6 Å². The third kappa shape index (κ3) is 3.51. The molecule has 1 aliphatic heterocycles. The summed E-state index contributed by atoms with van der Waals surface area (Å²) in [5.41, 5.74) is 3.67. The van der Waals surface area contributed by atoms with Gasteiger partial charge in [0.2, 0.25) is 0 Å². The summed E-state index contributed by atoms with van der Waals surface area (Å²) in [5.74, 6) is -0.494. The molecule has 0 radical (unpaired) electrons. The Morgan fingerprint density at radius 2 is 1.66 bits per heavy atom. The van der Waals surface area contributed by atoms with Gasteiger partial charge in [-0.1, -0.05) is 48.5 Å². The average Bonchev–Trinajstić information content (AvgIpc) is 2.72. The van der Waals surface area contributed by atoms with Crippen molar-refractivity contribution in [1.29, 1.82) is 0 Å². The van der Waals surface area contributed by atoms with Crippen molar-refractivity contribution in [2.75, 3.05) is 0 Å². The van der Waals surface area contributed by atoms with Crippen LogP contribution in [0.3, 0.4) is 0 Å². The summed E-state index contributed by atoms with van der Waals surface area (Å²) in [4.78, 5) is 23.0. The maximum Gasteiger partial charge on any atom is 0.262 e. The Morgan fingerprint density at radius 3 is 2.28 bits per heavy atom. The molecular weight excluding hydrogens is 374 g/mol. The lowest BCUT2D eigenvalue weighted by Crippen LogP contribution is -2.28. The number of carbonyl (C=O) groups is 1. The normalized spacial score (nSPS) is 12.7. The molecule has 0 atom stereocenters. The Kier molecular flexibility index (Phi) is 4.66. The average molecular weight is 388 g/mol. The number of hydrogen-bond acceptors (Lipinski definition) is 6. The number of nitrogens with one attached hydrogen (secondary N) is 1. The Balaban J connectivity index is 1.59. The molecule has 0 spiro atoms. The maximum atomic E-state index is 12.9. The molecule has 1 amide bonds. The maximum absolute atomic E-state index is 12.9. The van der Waals surface area contributed by atoms with E-state index < -0.39 is 22.3 Å². The van der Waals surface area contributed by atoms with Crippen LogP contribution in [0.5, 0.6) is 17.2 Å². The van der Waals surface area contributed by atoms with Crippen LogP contribution in [0.1, 0.15) is 22.6 Å². The van der Waals surface area contributed by atoms with Gasteiger partial charge in [-0.25, -0.2) is 5.43 Å². The van der Waals surface area contributed by atoms with Crippen LogP contribution in [0.4, 0.5) is 5.69 Å². The standard InChI is InChI=1S/C21H15N3O5/c25-17-10-9-13(11-16(17)24(27)28)12-22-23-21(26)20-14-5-1-3-7-18(14)29-19-8-4-2-6-15(19)20/h1-12,20,25H,(H,23,26)/p-1. The zero-order chi connectivity index (χ0) is 20.4. The number of hydrazone groups is 1. The summed E-state index contributed by atoms with van der Waals surface area (Å²) in [7, 11) is 0. The van der Waals surface area contributed by atoms with Gasteiger partial charge in [-0.2, -0.15) is 5.10 Å². The number of fused-ring (bicyclic) bond motifs is 2. The number of carbonyl (C=O) groups excluding carboxylic acids is 1. The molecule has 3 aromatic carbocycles. The third-order valence-electron chi connectivity index (χ3n) is 4.51. The van der Waals surface area contributed by atoms with Gasteiger partial charge in [-0.15, -0.1) is 0 Å². The van der Waals surface area contributed by atoms with Gasteiger partial charge in [0, 0.05) is 22.8 Å². The quantitative estimate of drug-likeness (QED) is 0.419. The van der Waals surface area contributed by atoms with Crippen LogP contribution in [0.2, 0.25) is 0 Å². The van der Waals surface area contributed by atoms with E-state index in [0.717, 1.165) is 12.1 Å². The van der Waals surface area contributed by atoms with Crippen LogP contribution in [0.15, 0.2) is 71.8 Å². The van der Waals surface area contributed by atoms with E-state index in [1.165, 1.54) is 12.3 Å². The van der Waals surface area contributed by atoms with Crippen molar-refractivity contribution in [3.05, 3.63) is 93.5 Å². The molecule has 0 aromatic heterocycles. The van der Waals surface area contributed by atoms with Gasteiger partial charge in [-0.3, -0.25) is 14.9 Å². The number of para-hydroxylation sites is 2. The fraction of sp³-hybridized carbons (Fsp3) is 0.0476. The molecule has 0 fully saturated rings. The summed E-state index contributed by atoms with van der Waals surface area (Å²) in [6.45, 7) is 0. The van der Waals surface area contributed by atoms with Crippen molar-refractivity contribution in [2.24, 2.45) is 5.10 Å². The molecule has 1 heterocycles. The molecule has 3 aromatic rings. The molecule has 0 bridgehead atoms. The third-order valence-corrected chi connectivity index (χ3v) is 4.51. The predicted octanol–water partition coefficient (Wildman–Crippen LogP) is 3.06. The van der Waals surface area contributed by atoms with E-state index in [1.54, 1.807) is 12.1 Å². The Bertz CT molecular complexity index is 1100. The number of amides is 1. The molecule has 0 unspecified atom stereocenters. The molecular formula is C21H14N3O5-. The van der Waals surface area contributed by atoms with Gasteiger partial charge >= 0.3 is 0 Å². The Hall–Kier alpha value is -4.20. The van der Waals surface area contributed by atoms with E-state index in [0.29, 0.717) is 28.2 Å². The number of benzene rings is 3. The van der Waals surface area contributed by atoms with Crippen LogP contribution in [0.25, 0.3) is 0 Å². The lowest BCUT2D eigenvalue weighted by Gasteiger charge is -2.26. The number of nitrogens with zero attached hydrogens (tertiary/aromatic N) is 2. The number of rotatable bonds is 4. The summed E-state index contributed by atoms with van der Waals surface area (Å²) < 4.78 is 5.87. The van der Waals surface area contributed by atoms with Crippen LogP contribution < -0.4 is 15.3 Å². The van der Waals surface area contributed by atoms with Gasteiger partial charge in [0.05, 0.1) is 17.1 Å². The second-order valence-corrected chi connectivity index (χ2v) is 6.33. The monoisotopic (exact) mass is 388 g/mol. The Labute approximate surface area is 165 Å². The zero-order valence-corrected chi connectivity index (χ0v) is 14.9. The van der Waals surface area contributed by atoms with Gasteiger partial charge in [0.1, 0.15) is 11.5 Å². The minimum Gasteiger partial charge on any atom is -0.868 e. The smallest absolute Gasteiger partial charge is 0.262 e. The van der Waals surface area contributed by atoms with Gasteiger partial charge < -0.3 is 9.84 Å². The van der Waals surface area contributed by atoms with Crippen molar-refractivity contribution in [2.45, 2.75) is 5.92 Å². The summed E-state index contributed by atoms with van der Waals surface area (Å²) in [5, 5.41) is 26.2. The second-order valence-electron chi connectivity index (χ2n) is 6.33. The molecule has 1 aliphatic rings. The first-order chi connectivity index (χ1) is 14.0. The minimum atomic E-state index is -0.756. The highest BCUT2D eigenvalue weighted by atomic mass is 16.6. The molecule has 8 nitrogen and oxygen atoms in total. The summed E-state index contributed by atoms with van der Waals surface area (Å²) in [6, 6.07) is 18.1. The van der Waals surface area contributed by atoms with Crippen LogP contribution in [0, 0.1) is 10.1 Å². The lowest BCUT2D eigenvalue weighted by molar-refractivity contribution is -0.398. The van der Waals surface area contributed by atoms with Gasteiger partial charge in [-0.05, 0) is 17.9 Å². The van der Waals surface area contributed by atoms with E-state index in [4.69, 9.17) is 4.74 Å². The van der Waals surface area contributed by atoms with Crippen LogP contribution >= 0.6 is 0 Å². The number of ether oxygens (including phenoxy) is 1. The second kappa shape index (κ2) is 7.43. The number of nitro benzene ring substituents is 1. The van der Waals surface area contributed by atoms with Gasteiger partial charge in [0.25, 0.3) is 11.6 Å². The largest absolute Gasteiger partial charge is 0.868 e. The van der Waals surface area contributed by atoms with E-state index in [2.05, 4.69) is 10.5 Å². The Morgan fingerprint density at radius 1 is 1.03 bits per heavy atom. The van der Waals surface area contributed by atoms with Crippen molar-refractivity contribution >= 4 is 17.8 Å². The van der Waals surface area contributed by atoms with Crippen LogP contribution in [-0.2, 0) is 4.79 Å². The van der Waals surface area contributed by atoms with E-state index in [-0.39, 0.29) is 5.91 Å². The molecule has 4 rings (SSSR count). The molecule has 29 heavy (non-hydrogen) atoms. The lowest BCUT2D eigenvalue weighted by atomic mass is 9.87. The molecule has 8 heteroatoms. The number of nitro groups is 1. The first-order valence-electron chi connectivity index (χ1n) is 8.68. The van der Waals surface area contributed by atoms with E-state index in [1.807, 2.05) is 36.4 Å². The molecule has 0 saturated carbocycles. The van der Waals surface area contributed by atoms with Crippen molar-refractivity contribution in [3.8, 4) is 17.2 Å². The molecule has 0 saturated heterocycles. The zero-order valence-electron chi connectivity index (χ0n) is 14.9. The first kappa shape index (κ1) is 18.2. The highest BCUT2D eigenvalue weighted by molar-refractivity contribution is 5.91. The minimum absolute atomic E-state index is 0.323. The van der Waals surface area contributed by atoms with Gasteiger partial charge in [0.15, 0.2) is 0 Å². The highest BCUT2D eigenvalue weighted by Gasteiger charge is 2.32. The first-order valence-corrected chi connectivity index (χ1v) is 8.68.